The highest BCUT2D eigenvalue weighted by Crippen LogP contribution is 2.32. The van der Waals surface area contributed by atoms with Crippen LogP contribution in [-0.2, 0) is 23.9 Å². The van der Waals surface area contributed by atoms with Gasteiger partial charge in [-0.3, -0.25) is 4.79 Å². The van der Waals surface area contributed by atoms with Crippen LogP contribution in [0.3, 0.4) is 0 Å². The van der Waals surface area contributed by atoms with Gasteiger partial charge in [0.2, 0.25) is 0 Å². The van der Waals surface area contributed by atoms with Gasteiger partial charge in [-0.25, -0.2) is 0 Å². The highest BCUT2D eigenvalue weighted by molar-refractivity contribution is 5.70. The third kappa shape index (κ3) is 2.96. The van der Waals surface area contributed by atoms with Crippen molar-refractivity contribution in [2.24, 2.45) is 5.73 Å². The van der Waals surface area contributed by atoms with E-state index in [0.29, 0.717) is 0 Å². The molecule has 88 valence electrons. The Balaban J connectivity index is 3.16. The SMILES string of the molecule is NCc1ccc(CC(=O)O)cc1C(F)(F)F. The molecule has 6 heteroatoms. The summed E-state index contributed by atoms with van der Waals surface area (Å²) in [6, 6.07) is 3.38. The number of rotatable bonds is 3. The van der Waals surface area contributed by atoms with Crippen LogP contribution in [0.2, 0.25) is 0 Å². The molecule has 0 aromatic heterocycles. The molecule has 3 nitrogen and oxygen atoms in total. The van der Waals surface area contributed by atoms with Crippen molar-refractivity contribution in [2.45, 2.75) is 19.1 Å². The summed E-state index contributed by atoms with van der Waals surface area (Å²) in [7, 11) is 0. The van der Waals surface area contributed by atoms with E-state index in [-0.39, 0.29) is 17.7 Å². The van der Waals surface area contributed by atoms with Crippen LogP contribution in [0.4, 0.5) is 13.2 Å². The molecule has 0 amide bonds. The van der Waals surface area contributed by atoms with Gasteiger partial charge in [0.1, 0.15) is 0 Å². The second-order valence-corrected chi connectivity index (χ2v) is 3.26. The number of benzene rings is 1. The van der Waals surface area contributed by atoms with Gasteiger partial charge in [-0.2, -0.15) is 13.2 Å². The topological polar surface area (TPSA) is 63.3 Å². The van der Waals surface area contributed by atoms with E-state index in [1.165, 1.54) is 12.1 Å². The predicted octanol–water partition coefficient (Wildman–Crippen LogP) is 1.79. The average molecular weight is 233 g/mol. The fraction of sp³-hybridized carbons (Fsp3) is 0.300. The van der Waals surface area contributed by atoms with E-state index in [9.17, 15) is 18.0 Å². The lowest BCUT2D eigenvalue weighted by molar-refractivity contribution is -0.139. The number of aliphatic carboxylic acids is 1. The van der Waals surface area contributed by atoms with Crippen molar-refractivity contribution in [3.63, 3.8) is 0 Å². The van der Waals surface area contributed by atoms with Crippen molar-refractivity contribution in [3.05, 3.63) is 34.9 Å². The van der Waals surface area contributed by atoms with Gasteiger partial charge in [0.15, 0.2) is 0 Å². The molecule has 0 unspecified atom stereocenters. The minimum atomic E-state index is -4.51. The summed E-state index contributed by atoms with van der Waals surface area (Å²) in [5.41, 5.74) is 4.38. The molecule has 16 heavy (non-hydrogen) atoms. The van der Waals surface area contributed by atoms with Gasteiger partial charge in [-0.05, 0) is 17.2 Å². The lowest BCUT2D eigenvalue weighted by Crippen LogP contribution is -2.13. The molecule has 0 fully saturated rings. The third-order valence-corrected chi connectivity index (χ3v) is 2.05. The van der Waals surface area contributed by atoms with E-state index in [1.54, 1.807) is 0 Å². The van der Waals surface area contributed by atoms with Crippen LogP contribution in [0.1, 0.15) is 16.7 Å². The van der Waals surface area contributed by atoms with Crippen LogP contribution in [0, 0.1) is 0 Å². The first-order chi connectivity index (χ1) is 7.34. The Morgan fingerprint density at radius 3 is 2.44 bits per heavy atom. The van der Waals surface area contributed by atoms with Crippen molar-refractivity contribution >= 4 is 5.97 Å². The van der Waals surface area contributed by atoms with Gasteiger partial charge in [0.25, 0.3) is 0 Å². The molecule has 0 saturated heterocycles. The van der Waals surface area contributed by atoms with Crippen molar-refractivity contribution in [1.82, 2.24) is 0 Å². The van der Waals surface area contributed by atoms with Gasteiger partial charge >= 0.3 is 12.1 Å². The van der Waals surface area contributed by atoms with Crippen LogP contribution in [0.5, 0.6) is 0 Å². The number of carbonyl (C=O) groups is 1. The summed E-state index contributed by atoms with van der Waals surface area (Å²) in [5.74, 6) is -1.17. The third-order valence-electron chi connectivity index (χ3n) is 2.05. The Morgan fingerprint density at radius 2 is 2.00 bits per heavy atom. The van der Waals surface area contributed by atoms with Gasteiger partial charge in [-0.1, -0.05) is 12.1 Å². The summed E-state index contributed by atoms with van der Waals surface area (Å²) >= 11 is 0. The Kier molecular flexibility index (Phi) is 3.54. The van der Waals surface area contributed by atoms with Crippen LogP contribution in [-0.4, -0.2) is 11.1 Å². The quantitative estimate of drug-likeness (QED) is 0.836. The van der Waals surface area contributed by atoms with Crippen LogP contribution in [0.25, 0.3) is 0 Å². The van der Waals surface area contributed by atoms with Crippen molar-refractivity contribution in [1.29, 1.82) is 0 Å². The maximum atomic E-state index is 12.5. The van der Waals surface area contributed by atoms with Crippen molar-refractivity contribution < 1.29 is 23.1 Å². The van der Waals surface area contributed by atoms with E-state index >= 15 is 0 Å². The van der Waals surface area contributed by atoms with Gasteiger partial charge in [-0.15, -0.1) is 0 Å². The summed E-state index contributed by atoms with van der Waals surface area (Å²) in [5, 5.41) is 8.48. The number of hydrogen-bond donors (Lipinski definition) is 2. The molecular formula is C10H10F3NO2. The van der Waals surface area contributed by atoms with Gasteiger partial charge < -0.3 is 10.8 Å². The van der Waals surface area contributed by atoms with E-state index in [0.717, 1.165) is 6.07 Å². The molecule has 0 aliphatic carbocycles. The molecule has 0 radical (unpaired) electrons. The second kappa shape index (κ2) is 4.52. The number of hydrogen-bond acceptors (Lipinski definition) is 2. The van der Waals surface area contributed by atoms with E-state index < -0.39 is 24.1 Å². The van der Waals surface area contributed by atoms with Crippen molar-refractivity contribution in [3.8, 4) is 0 Å². The molecule has 0 spiro atoms. The monoisotopic (exact) mass is 233 g/mol. The Hall–Kier alpha value is -1.56. The van der Waals surface area contributed by atoms with E-state index in [2.05, 4.69) is 0 Å². The lowest BCUT2D eigenvalue weighted by Gasteiger charge is -2.12. The molecule has 1 aromatic rings. The Morgan fingerprint density at radius 1 is 1.38 bits per heavy atom. The van der Waals surface area contributed by atoms with E-state index in [4.69, 9.17) is 10.8 Å². The first kappa shape index (κ1) is 12.5. The summed E-state index contributed by atoms with van der Waals surface area (Å²) in [6.07, 6.45) is -4.95. The first-order valence-electron chi connectivity index (χ1n) is 4.45. The summed E-state index contributed by atoms with van der Waals surface area (Å²) in [6.45, 7) is -0.234. The number of carboxylic acids is 1. The molecule has 0 aliphatic rings. The van der Waals surface area contributed by atoms with E-state index in [1.807, 2.05) is 0 Å². The number of alkyl halides is 3. The number of halogens is 3. The maximum Gasteiger partial charge on any atom is 0.416 e. The molecule has 1 aromatic carbocycles. The molecule has 0 heterocycles. The summed E-state index contributed by atoms with van der Waals surface area (Å²) in [4.78, 5) is 10.4. The molecule has 0 bridgehead atoms. The van der Waals surface area contributed by atoms with Gasteiger partial charge in [0, 0.05) is 6.54 Å². The van der Waals surface area contributed by atoms with Crippen LogP contribution in [0.15, 0.2) is 18.2 Å². The minimum absolute atomic E-state index is 0.0401. The molecule has 0 saturated carbocycles. The zero-order chi connectivity index (χ0) is 12.3. The standard InChI is InChI=1S/C10H10F3NO2/c11-10(12,13)8-3-6(4-9(15)16)1-2-7(8)5-14/h1-3H,4-5,14H2,(H,15,16). The smallest absolute Gasteiger partial charge is 0.416 e. The largest absolute Gasteiger partial charge is 0.481 e. The highest BCUT2D eigenvalue weighted by atomic mass is 19.4. The first-order valence-corrected chi connectivity index (χ1v) is 4.45. The normalized spacial score (nSPS) is 11.5. The fourth-order valence-corrected chi connectivity index (χ4v) is 1.35. The Labute approximate surface area is 89.7 Å². The van der Waals surface area contributed by atoms with Crippen LogP contribution < -0.4 is 5.73 Å². The molecule has 1 rings (SSSR count). The van der Waals surface area contributed by atoms with Crippen molar-refractivity contribution in [2.75, 3.05) is 0 Å². The maximum absolute atomic E-state index is 12.5. The zero-order valence-corrected chi connectivity index (χ0v) is 8.21. The molecule has 0 atom stereocenters. The molecule has 3 N–H and O–H groups in total. The minimum Gasteiger partial charge on any atom is -0.481 e. The highest BCUT2D eigenvalue weighted by Gasteiger charge is 2.33. The predicted molar refractivity (Wildman–Crippen MR) is 50.7 cm³/mol. The zero-order valence-electron chi connectivity index (χ0n) is 8.21. The lowest BCUT2D eigenvalue weighted by atomic mass is 10.0. The molecule has 0 aliphatic heterocycles. The van der Waals surface area contributed by atoms with Crippen LogP contribution >= 0.6 is 0 Å². The second-order valence-electron chi connectivity index (χ2n) is 3.26. The number of nitrogens with two attached hydrogens (primary N) is 1. The average Bonchev–Trinajstić information content (AvgIpc) is 2.15. The number of carboxylic acid groups (broad SMARTS) is 1. The fourth-order valence-electron chi connectivity index (χ4n) is 1.35. The Bertz CT molecular complexity index is 402. The van der Waals surface area contributed by atoms with Gasteiger partial charge in [0.05, 0.1) is 12.0 Å². The summed E-state index contributed by atoms with van der Waals surface area (Å²) < 4.78 is 37.6. The molecular weight excluding hydrogens is 223 g/mol.